The van der Waals surface area contributed by atoms with Gasteiger partial charge in [0.05, 0.1) is 13.7 Å². The zero-order valence-corrected chi connectivity index (χ0v) is 12.1. The molecule has 0 N–H and O–H groups in total. The van der Waals surface area contributed by atoms with Gasteiger partial charge in [-0.25, -0.2) is 4.79 Å². The van der Waals surface area contributed by atoms with E-state index in [4.69, 9.17) is 9.47 Å². The van der Waals surface area contributed by atoms with Gasteiger partial charge >= 0.3 is 5.97 Å². The van der Waals surface area contributed by atoms with Gasteiger partial charge in [-0.1, -0.05) is 25.5 Å². The van der Waals surface area contributed by atoms with Gasteiger partial charge < -0.3 is 9.47 Å². The van der Waals surface area contributed by atoms with Crippen molar-refractivity contribution in [3.05, 3.63) is 35.4 Å². The lowest BCUT2D eigenvalue weighted by Gasteiger charge is -2.10. The third-order valence-electron chi connectivity index (χ3n) is 2.83. The molecule has 4 heteroatoms. The summed E-state index contributed by atoms with van der Waals surface area (Å²) in [6, 6.07) is 9.29. The molecule has 106 valence electrons. The van der Waals surface area contributed by atoms with Crippen molar-refractivity contribution in [1.29, 1.82) is 5.26 Å². The Hall–Kier alpha value is -2.28. The van der Waals surface area contributed by atoms with Gasteiger partial charge in [0.25, 0.3) is 0 Å². The number of carbonyl (C=O) groups excluding carboxylic acids is 1. The van der Waals surface area contributed by atoms with Gasteiger partial charge in [0, 0.05) is 0 Å². The summed E-state index contributed by atoms with van der Waals surface area (Å²) in [6.45, 7) is 3.98. The lowest BCUT2D eigenvalue weighted by Crippen LogP contribution is -2.09. The average molecular weight is 273 g/mol. The maximum absolute atomic E-state index is 11.9. The number of methoxy groups -OCH3 is 1. The van der Waals surface area contributed by atoms with Crippen molar-refractivity contribution in [2.75, 3.05) is 13.7 Å². The second-order valence-electron chi connectivity index (χ2n) is 4.16. The predicted octanol–water partition coefficient (Wildman–Crippen LogP) is 3.34. The van der Waals surface area contributed by atoms with Crippen LogP contribution in [0.5, 0.6) is 5.75 Å². The fourth-order valence-electron chi connectivity index (χ4n) is 1.90. The SMILES string of the molecule is CCC/C(=C(\C#N)C(=O)OCC)c1ccc(OC)cc1. The van der Waals surface area contributed by atoms with Gasteiger partial charge in [0.1, 0.15) is 17.4 Å². The number of hydrogen-bond acceptors (Lipinski definition) is 4. The van der Waals surface area contributed by atoms with Crippen LogP contribution in [0.1, 0.15) is 32.3 Å². The topological polar surface area (TPSA) is 59.3 Å². The van der Waals surface area contributed by atoms with Crippen LogP contribution < -0.4 is 4.74 Å². The van der Waals surface area contributed by atoms with E-state index in [1.54, 1.807) is 14.0 Å². The van der Waals surface area contributed by atoms with Crippen molar-refractivity contribution in [2.24, 2.45) is 0 Å². The normalized spacial score (nSPS) is 11.3. The van der Waals surface area contributed by atoms with E-state index in [0.29, 0.717) is 6.42 Å². The Bertz CT molecular complexity index is 524. The highest BCUT2D eigenvalue weighted by Crippen LogP contribution is 2.26. The molecule has 0 aliphatic carbocycles. The first-order valence-corrected chi connectivity index (χ1v) is 6.62. The molecular formula is C16H19NO3. The van der Waals surface area contributed by atoms with Gasteiger partial charge in [-0.15, -0.1) is 0 Å². The first-order chi connectivity index (χ1) is 9.67. The van der Waals surface area contributed by atoms with Crippen LogP contribution in [0.3, 0.4) is 0 Å². The molecule has 1 aromatic carbocycles. The highest BCUT2D eigenvalue weighted by Gasteiger charge is 2.17. The molecule has 0 bridgehead atoms. The molecule has 0 aliphatic heterocycles. The molecule has 4 nitrogen and oxygen atoms in total. The molecule has 0 radical (unpaired) electrons. The van der Waals surface area contributed by atoms with Crippen LogP contribution in [0.4, 0.5) is 0 Å². The molecule has 1 rings (SSSR count). The lowest BCUT2D eigenvalue weighted by molar-refractivity contribution is -0.137. The number of carbonyl (C=O) groups is 1. The van der Waals surface area contributed by atoms with E-state index in [2.05, 4.69) is 0 Å². The number of nitrogens with zero attached hydrogens (tertiary/aromatic N) is 1. The Kier molecular flexibility index (Phi) is 6.31. The molecule has 1 aromatic rings. The first kappa shape index (κ1) is 15.8. The Balaban J connectivity index is 3.25. The maximum atomic E-state index is 11.9. The number of allylic oxidation sites excluding steroid dienone is 1. The van der Waals surface area contributed by atoms with E-state index < -0.39 is 5.97 Å². The highest BCUT2D eigenvalue weighted by molar-refractivity contribution is 6.01. The third kappa shape index (κ3) is 3.86. The second-order valence-corrected chi connectivity index (χ2v) is 4.16. The Morgan fingerprint density at radius 1 is 1.25 bits per heavy atom. The minimum Gasteiger partial charge on any atom is -0.497 e. The van der Waals surface area contributed by atoms with E-state index in [0.717, 1.165) is 23.3 Å². The number of esters is 1. The van der Waals surface area contributed by atoms with Crippen molar-refractivity contribution < 1.29 is 14.3 Å². The maximum Gasteiger partial charge on any atom is 0.349 e. The quantitative estimate of drug-likeness (QED) is 0.453. The Morgan fingerprint density at radius 3 is 2.35 bits per heavy atom. The highest BCUT2D eigenvalue weighted by atomic mass is 16.5. The molecule has 0 saturated carbocycles. The lowest BCUT2D eigenvalue weighted by atomic mass is 9.96. The van der Waals surface area contributed by atoms with Crippen molar-refractivity contribution in [3.8, 4) is 11.8 Å². The summed E-state index contributed by atoms with van der Waals surface area (Å²) in [5, 5.41) is 9.25. The summed E-state index contributed by atoms with van der Waals surface area (Å²) in [5.74, 6) is 0.175. The van der Waals surface area contributed by atoms with Gasteiger partial charge in [-0.2, -0.15) is 5.26 Å². The average Bonchev–Trinajstić information content (AvgIpc) is 2.47. The minimum atomic E-state index is -0.561. The van der Waals surface area contributed by atoms with Gasteiger partial charge in [0.2, 0.25) is 0 Å². The summed E-state index contributed by atoms with van der Waals surface area (Å²) in [7, 11) is 1.59. The summed E-state index contributed by atoms with van der Waals surface area (Å²) in [5.41, 5.74) is 1.65. The monoisotopic (exact) mass is 273 g/mol. The van der Waals surface area contributed by atoms with Gasteiger partial charge in [-0.3, -0.25) is 0 Å². The van der Waals surface area contributed by atoms with Crippen LogP contribution >= 0.6 is 0 Å². The molecule has 0 fully saturated rings. The molecule has 0 saturated heterocycles. The van der Waals surface area contributed by atoms with Crippen molar-refractivity contribution in [2.45, 2.75) is 26.7 Å². The fourth-order valence-corrected chi connectivity index (χ4v) is 1.90. The molecule has 0 aromatic heterocycles. The van der Waals surface area contributed by atoms with Crippen molar-refractivity contribution >= 4 is 11.5 Å². The molecule has 0 heterocycles. The molecular weight excluding hydrogens is 254 g/mol. The largest absolute Gasteiger partial charge is 0.497 e. The summed E-state index contributed by atoms with van der Waals surface area (Å²) in [6.07, 6.45) is 1.49. The van der Waals surface area contributed by atoms with Gasteiger partial charge in [0.15, 0.2) is 0 Å². The van der Waals surface area contributed by atoms with Crippen LogP contribution in [0.15, 0.2) is 29.8 Å². The molecule has 0 spiro atoms. The molecule has 0 atom stereocenters. The van der Waals surface area contributed by atoms with Crippen LogP contribution in [-0.4, -0.2) is 19.7 Å². The van der Waals surface area contributed by atoms with E-state index in [1.165, 1.54) is 0 Å². The summed E-state index contributed by atoms with van der Waals surface area (Å²) >= 11 is 0. The number of ether oxygens (including phenoxy) is 2. The smallest absolute Gasteiger partial charge is 0.349 e. The van der Waals surface area contributed by atoms with Crippen LogP contribution in [0, 0.1) is 11.3 Å². The predicted molar refractivity (Wildman–Crippen MR) is 77.1 cm³/mol. The van der Waals surface area contributed by atoms with Crippen molar-refractivity contribution in [3.63, 3.8) is 0 Å². The van der Waals surface area contributed by atoms with E-state index in [9.17, 15) is 10.1 Å². The summed E-state index contributed by atoms with van der Waals surface area (Å²) in [4.78, 5) is 11.9. The van der Waals surface area contributed by atoms with Crippen molar-refractivity contribution in [1.82, 2.24) is 0 Å². The number of rotatable bonds is 6. The standard InChI is InChI=1S/C16H19NO3/c1-4-6-14(15(11-17)16(18)20-5-2)12-7-9-13(19-3)10-8-12/h7-10H,4-6H2,1-3H3/b15-14-. The first-order valence-electron chi connectivity index (χ1n) is 6.62. The van der Waals surface area contributed by atoms with Gasteiger partial charge in [-0.05, 0) is 36.6 Å². The second kappa shape index (κ2) is 8.00. The van der Waals surface area contributed by atoms with Crippen LogP contribution in [0.2, 0.25) is 0 Å². The van der Waals surface area contributed by atoms with Crippen LogP contribution in [0.25, 0.3) is 5.57 Å². The zero-order chi connectivity index (χ0) is 15.0. The molecule has 0 unspecified atom stereocenters. The number of hydrogen-bond donors (Lipinski definition) is 0. The molecule has 20 heavy (non-hydrogen) atoms. The van der Waals surface area contributed by atoms with E-state index in [1.807, 2.05) is 37.3 Å². The Labute approximate surface area is 119 Å². The van der Waals surface area contributed by atoms with Crippen LogP contribution in [-0.2, 0) is 9.53 Å². The molecule has 0 aliphatic rings. The fraction of sp³-hybridized carbons (Fsp3) is 0.375. The minimum absolute atomic E-state index is 0.0823. The van der Waals surface area contributed by atoms with E-state index >= 15 is 0 Å². The molecule has 0 amide bonds. The number of nitriles is 1. The third-order valence-corrected chi connectivity index (χ3v) is 2.83. The summed E-state index contributed by atoms with van der Waals surface area (Å²) < 4.78 is 10.1. The zero-order valence-electron chi connectivity index (χ0n) is 12.1. The number of benzene rings is 1. The van der Waals surface area contributed by atoms with E-state index in [-0.39, 0.29) is 12.2 Å². The Morgan fingerprint density at radius 2 is 1.90 bits per heavy atom.